The molecule has 0 bridgehead atoms. The van der Waals surface area contributed by atoms with Crippen molar-refractivity contribution in [1.29, 1.82) is 0 Å². The summed E-state index contributed by atoms with van der Waals surface area (Å²) in [5, 5.41) is 2.57. The van der Waals surface area contributed by atoms with Gasteiger partial charge in [-0.05, 0) is 51.4 Å². The van der Waals surface area contributed by atoms with E-state index in [-0.39, 0.29) is 36.4 Å². The summed E-state index contributed by atoms with van der Waals surface area (Å²) in [5.74, 6) is -3.67. The first kappa shape index (κ1) is 24.5. The molecule has 4 rings (SSSR count). The maximum atomic E-state index is 13.0. The van der Waals surface area contributed by atoms with Crippen LogP contribution in [0.4, 0.5) is 0 Å². The van der Waals surface area contributed by atoms with Crippen LogP contribution < -0.4 is 5.32 Å². The van der Waals surface area contributed by atoms with Crippen LogP contribution in [0.2, 0.25) is 0 Å². The van der Waals surface area contributed by atoms with Crippen LogP contribution >= 0.6 is 0 Å². The maximum absolute atomic E-state index is 13.0. The number of fused-ring (bicyclic) bond motifs is 1. The Bertz CT molecular complexity index is 1030. The Balaban J connectivity index is 1.33. The van der Waals surface area contributed by atoms with Crippen LogP contribution in [-0.2, 0) is 23.9 Å². The number of carbonyl (C=O) groups is 6. The topological polar surface area (TPSA) is 133 Å². The molecule has 35 heavy (non-hydrogen) atoms. The predicted octanol–water partition coefficient (Wildman–Crippen LogP) is 0.292. The minimum Gasteiger partial charge on any atom is -0.442 e. The number of benzene rings is 1. The molecule has 11 nitrogen and oxygen atoms in total. The van der Waals surface area contributed by atoms with Gasteiger partial charge in [-0.15, -0.1) is 0 Å². The smallest absolute Gasteiger partial charge is 0.330 e. The van der Waals surface area contributed by atoms with Gasteiger partial charge in [0.1, 0.15) is 12.1 Å². The van der Waals surface area contributed by atoms with E-state index in [0.717, 1.165) is 42.2 Å². The third kappa shape index (κ3) is 5.09. The van der Waals surface area contributed by atoms with Crippen molar-refractivity contribution in [3.05, 3.63) is 35.4 Å². The lowest BCUT2D eigenvalue weighted by atomic mass is 10.0. The zero-order valence-corrected chi connectivity index (χ0v) is 19.5. The summed E-state index contributed by atoms with van der Waals surface area (Å²) >= 11 is 0. The third-order valence-electron chi connectivity index (χ3n) is 6.50. The van der Waals surface area contributed by atoms with Crippen molar-refractivity contribution in [2.45, 2.75) is 51.1 Å². The van der Waals surface area contributed by atoms with E-state index in [0.29, 0.717) is 0 Å². The fourth-order valence-electron chi connectivity index (χ4n) is 4.61. The highest BCUT2D eigenvalue weighted by Gasteiger charge is 2.47. The number of imide groups is 2. The number of amides is 5. The minimum absolute atomic E-state index is 0.00343. The highest BCUT2D eigenvalue weighted by molar-refractivity contribution is 6.23. The quantitative estimate of drug-likeness (QED) is 0.431. The van der Waals surface area contributed by atoms with E-state index in [2.05, 4.69) is 5.32 Å². The second kappa shape index (κ2) is 10.3. The van der Waals surface area contributed by atoms with E-state index in [1.165, 1.54) is 19.1 Å². The molecule has 186 valence electrons. The number of rotatable bonds is 7. The highest BCUT2D eigenvalue weighted by atomic mass is 16.5. The number of carbonyl (C=O) groups excluding carboxylic acids is 6. The lowest BCUT2D eigenvalue weighted by Gasteiger charge is -2.34. The first-order valence-corrected chi connectivity index (χ1v) is 11.8. The number of likely N-dealkylation sites (tertiary alicyclic amines) is 2. The van der Waals surface area contributed by atoms with Crippen molar-refractivity contribution in [2.24, 2.45) is 0 Å². The largest absolute Gasteiger partial charge is 0.442 e. The standard InChI is InChI=1S/C24H28N4O7/c1-15(25-19(29)13-26-11-5-2-6-12-26)24(34)35-14-27-20(30)10-9-18(23(27)33)28-21(31)16-7-3-4-8-17(16)22(28)32/h3-4,7-8,15,18H,2,5-6,9-14H2,1H3,(H,25,29). The number of ether oxygens (including phenoxy) is 1. The molecule has 3 aliphatic rings. The summed E-state index contributed by atoms with van der Waals surface area (Å²) in [6.45, 7) is 2.64. The van der Waals surface area contributed by atoms with Crippen LogP contribution in [0, 0.1) is 0 Å². The van der Waals surface area contributed by atoms with Gasteiger partial charge in [-0.1, -0.05) is 18.6 Å². The average molecular weight is 485 g/mol. The number of nitrogens with one attached hydrogen (secondary N) is 1. The maximum Gasteiger partial charge on any atom is 0.330 e. The molecular weight excluding hydrogens is 456 g/mol. The first-order valence-electron chi connectivity index (χ1n) is 11.8. The van der Waals surface area contributed by atoms with Crippen LogP contribution in [-0.4, -0.2) is 88.7 Å². The Morgan fingerprint density at radius 2 is 1.66 bits per heavy atom. The molecule has 3 aliphatic heterocycles. The molecule has 2 saturated heterocycles. The number of hydrogen-bond donors (Lipinski definition) is 1. The fourth-order valence-corrected chi connectivity index (χ4v) is 4.61. The second-order valence-corrected chi connectivity index (χ2v) is 8.96. The Hall–Kier alpha value is -3.60. The Kier molecular flexibility index (Phi) is 7.25. The van der Waals surface area contributed by atoms with Gasteiger partial charge in [0.05, 0.1) is 17.7 Å². The van der Waals surface area contributed by atoms with E-state index in [4.69, 9.17) is 4.74 Å². The van der Waals surface area contributed by atoms with Gasteiger partial charge < -0.3 is 10.1 Å². The molecule has 11 heteroatoms. The highest BCUT2D eigenvalue weighted by Crippen LogP contribution is 2.29. The lowest BCUT2D eigenvalue weighted by molar-refractivity contribution is -0.165. The number of piperidine rings is 2. The molecule has 1 aromatic carbocycles. The summed E-state index contributed by atoms with van der Waals surface area (Å²) in [6.07, 6.45) is 3.11. The van der Waals surface area contributed by atoms with Gasteiger partial charge >= 0.3 is 5.97 Å². The van der Waals surface area contributed by atoms with Crippen LogP contribution in [0.5, 0.6) is 0 Å². The minimum atomic E-state index is -1.17. The Morgan fingerprint density at radius 3 is 2.29 bits per heavy atom. The van der Waals surface area contributed by atoms with Crippen molar-refractivity contribution < 1.29 is 33.5 Å². The summed E-state index contributed by atoms with van der Waals surface area (Å²) in [6, 6.07) is 4.12. The molecule has 0 saturated carbocycles. The number of nitrogens with zero attached hydrogens (tertiary/aromatic N) is 3. The molecule has 1 aromatic rings. The molecule has 1 N–H and O–H groups in total. The Morgan fingerprint density at radius 1 is 1.03 bits per heavy atom. The fraction of sp³-hybridized carbons (Fsp3) is 0.500. The summed E-state index contributed by atoms with van der Waals surface area (Å²) in [4.78, 5) is 79.2. The van der Waals surface area contributed by atoms with Crippen LogP contribution in [0.25, 0.3) is 0 Å². The van der Waals surface area contributed by atoms with Crippen molar-refractivity contribution in [3.63, 3.8) is 0 Å². The molecule has 0 aliphatic carbocycles. The third-order valence-corrected chi connectivity index (χ3v) is 6.50. The van der Waals surface area contributed by atoms with Gasteiger partial charge in [0.2, 0.25) is 11.8 Å². The van der Waals surface area contributed by atoms with Gasteiger partial charge in [-0.2, -0.15) is 0 Å². The normalized spacial score (nSPS) is 21.7. The molecule has 3 heterocycles. The SMILES string of the molecule is CC(NC(=O)CN1CCCCC1)C(=O)OCN1C(=O)CCC(N2C(=O)c3ccccc3C2=O)C1=O. The van der Waals surface area contributed by atoms with E-state index in [1.54, 1.807) is 12.1 Å². The molecule has 0 spiro atoms. The molecule has 2 unspecified atom stereocenters. The monoisotopic (exact) mass is 484 g/mol. The van der Waals surface area contributed by atoms with Crippen molar-refractivity contribution in [2.75, 3.05) is 26.4 Å². The molecule has 0 aromatic heterocycles. The van der Waals surface area contributed by atoms with Gasteiger partial charge in [0, 0.05) is 6.42 Å². The van der Waals surface area contributed by atoms with E-state index in [1.807, 2.05) is 4.90 Å². The number of esters is 1. The van der Waals surface area contributed by atoms with Crippen molar-refractivity contribution >= 4 is 35.5 Å². The summed E-state index contributed by atoms with van der Waals surface area (Å²) in [5.41, 5.74) is 0.406. The molecule has 2 atom stereocenters. The van der Waals surface area contributed by atoms with E-state index < -0.39 is 48.4 Å². The Labute approximate surface area is 202 Å². The average Bonchev–Trinajstić information content (AvgIpc) is 3.09. The molecule has 2 fully saturated rings. The van der Waals surface area contributed by atoms with Crippen molar-refractivity contribution in [3.8, 4) is 0 Å². The van der Waals surface area contributed by atoms with Crippen molar-refractivity contribution in [1.82, 2.24) is 20.0 Å². The predicted molar refractivity (Wildman–Crippen MR) is 121 cm³/mol. The molecular formula is C24H28N4O7. The van der Waals surface area contributed by atoms with Crippen LogP contribution in [0.15, 0.2) is 24.3 Å². The van der Waals surface area contributed by atoms with E-state index in [9.17, 15) is 28.8 Å². The lowest BCUT2D eigenvalue weighted by Crippen LogP contribution is -2.57. The van der Waals surface area contributed by atoms with Gasteiger partial charge in [-0.25, -0.2) is 9.69 Å². The van der Waals surface area contributed by atoms with Gasteiger partial charge in [0.25, 0.3) is 17.7 Å². The van der Waals surface area contributed by atoms with Gasteiger partial charge in [-0.3, -0.25) is 33.8 Å². The summed E-state index contributed by atoms with van der Waals surface area (Å²) in [7, 11) is 0. The van der Waals surface area contributed by atoms with Crippen LogP contribution in [0.3, 0.4) is 0 Å². The molecule has 0 radical (unpaired) electrons. The first-order chi connectivity index (χ1) is 16.8. The van der Waals surface area contributed by atoms with Gasteiger partial charge in [0.15, 0.2) is 6.73 Å². The molecule has 5 amide bonds. The van der Waals surface area contributed by atoms with E-state index >= 15 is 0 Å². The second-order valence-electron chi connectivity index (χ2n) is 8.96. The summed E-state index contributed by atoms with van der Waals surface area (Å²) < 4.78 is 5.13. The van der Waals surface area contributed by atoms with Crippen LogP contribution in [0.1, 0.15) is 59.7 Å². The number of hydrogen-bond acceptors (Lipinski definition) is 8. The zero-order chi connectivity index (χ0) is 25.1. The zero-order valence-electron chi connectivity index (χ0n) is 19.5.